The third kappa shape index (κ3) is 4.01. The molecule has 2 aromatic carbocycles. The number of anilines is 2. The van der Waals surface area contributed by atoms with Crippen LogP contribution in [0.5, 0.6) is 0 Å². The zero-order valence-corrected chi connectivity index (χ0v) is 15.2. The second-order valence-corrected chi connectivity index (χ2v) is 7.37. The van der Waals surface area contributed by atoms with Gasteiger partial charge in [0.25, 0.3) is 10.0 Å². The molecule has 128 valence electrons. The number of alkyl halides is 1. The molecule has 0 saturated heterocycles. The minimum atomic E-state index is -3.80. The maximum absolute atomic E-state index is 12.9. The molecule has 0 saturated carbocycles. The first-order valence-corrected chi connectivity index (χ1v) is 9.48. The Kier molecular flexibility index (Phi) is 6.10. The average molecular weight is 387 g/mol. The Morgan fingerprint density at radius 3 is 2.42 bits per heavy atom. The number of nitrogens with zero attached hydrogens (tertiary/aromatic N) is 1. The standard InChI is InChI=1S/C16H16Cl2N2O3S/c1-2-20(12-6-4-3-5-7-12)24(22,23)13-8-9-14(18)15(10-13)19-16(21)11-17/h3-10H,2,11H2,1H3,(H,19,21). The van der Waals surface area contributed by atoms with Crippen LogP contribution in [0.3, 0.4) is 0 Å². The number of hydrogen-bond acceptors (Lipinski definition) is 3. The highest BCUT2D eigenvalue weighted by Crippen LogP contribution is 2.29. The molecule has 0 aliphatic rings. The van der Waals surface area contributed by atoms with Crippen LogP contribution in [0.2, 0.25) is 5.02 Å². The molecule has 0 aliphatic heterocycles. The number of nitrogens with one attached hydrogen (secondary N) is 1. The van der Waals surface area contributed by atoms with Gasteiger partial charge < -0.3 is 5.32 Å². The monoisotopic (exact) mass is 386 g/mol. The molecule has 2 rings (SSSR count). The van der Waals surface area contributed by atoms with Gasteiger partial charge in [0.2, 0.25) is 5.91 Å². The van der Waals surface area contributed by atoms with E-state index in [1.54, 1.807) is 31.2 Å². The summed E-state index contributed by atoms with van der Waals surface area (Å²) in [6, 6.07) is 12.9. The number of amides is 1. The predicted octanol–water partition coefficient (Wildman–Crippen LogP) is 3.73. The average Bonchev–Trinajstić information content (AvgIpc) is 2.58. The number of sulfonamides is 1. The van der Waals surface area contributed by atoms with Gasteiger partial charge in [0, 0.05) is 6.54 Å². The van der Waals surface area contributed by atoms with Crippen molar-refractivity contribution in [2.24, 2.45) is 0 Å². The van der Waals surface area contributed by atoms with Gasteiger partial charge in [-0.15, -0.1) is 11.6 Å². The fraction of sp³-hybridized carbons (Fsp3) is 0.188. The molecule has 8 heteroatoms. The number of hydrogen-bond donors (Lipinski definition) is 1. The number of benzene rings is 2. The van der Waals surface area contributed by atoms with E-state index in [4.69, 9.17) is 23.2 Å². The van der Waals surface area contributed by atoms with E-state index in [1.807, 2.05) is 6.07 Å². The lowest BCUT2D eigenvalue weighted by Crippen LogP contribution is -2.30. The molecule has 2 aromatic rings. The van der Waals surface area contributed by atoms with Gasteiger partial charge in [-0.25, -0.2) is 8.42 Å². The van der Waals surface area contributed by atoms with Gasteiger partial charge in [-0.3, -0.25) is 9.10 Å². The molecule has 0 aliphatic carbocycles. The van der Waals surface area contributed by atoms with Crippen molar-refractivity contribution in [2.45, 2.75) is 11.8 Å². The molecule has 0 fully saturated rings. The summed E-state index contributed by atoms with van der Waals surface area (Å²) < 4.78 is 27.1. The van der Waals surface area contributed by atoms with Gasteiger partial charge in [0.15, 0.2) is 0 Å². The van der Waals surface area contributed by atoms with Crippen LogP contribution in [-0.2, 0) is 14.8 Å². The topological polar surface area (TPSA) is 66.5 Å². The summed E-state index contributed by atoms with van der Waals surface area (Å²) in [5, 5.41) is 2.71. The zero-order chi connectivity index (χ0) is 17.7. The highest BCUT2D eigenvalue weighted by Gasteiger charge is 2.24. The van der Waals surface area contributed by atoms with E-state index in [2.05, 4.69) is 5.32 Å². The fourth-order valence-electron chi connectivity index (χ4n) is 2.16. The van der Waals surface area contributed by atoms with Crippen LogP contribution < -0.4 is 9.62 Å². The Morgan fingerprint density at radius 2 is 1.83 bits per heavy atom. The van der Waals surface area contributed by atoms with Gasteiger partial charge in [-0.1, -0.05) is 29.8 Å². The van der Waals surface area contributed by atoms with Crippen LogP contribution in [-0.4, -0.2) is 26.7 Å². The number of carbonyl (C=O) groups is 1. The zero-order valence-electron chi connectivity index (χ0n) is 12.9. The molecule has 0 aromatic heterocycles. The van der Waals surface area contributed by atoms with Crippen LogP contribution in [0, 0.1) is 0 Å². The van der Waals surface area contributed by atoms with Crippen LogP contribution in [0.15, 0.2) is 53.4 Å². The van der Waals surface area contributed by atoms with Crippen LogP contribution in [0.25, 0.3) is 0 Å². The summed E-state index contributed by atoms with van der Waals surface area (Å²) in [5.41, 5.74) is 0.758. The van der Waals surface area contributed by atoms with Crippen molar-refractivity contribution in [1.82, 2.24) is 0 Å². The van der Waals surface area contributed by atoms with Gasteiger partial charge in [0.05, 0.1) is 21.3 Å². The van der Waals surface area contributed by atoms with E-state index in [-0.39, 0.29) is 28.0 Å². The lowest BCUT2D eigenvalue weighted by molar-refractivity contribution is -0.113. The second kappa shape index (κ2) is 7.88. The molecule has 0 unspecified atom stereocenters. The van der Waals surface area contributed by atoms with Gasteiger partial charge in [0.1, 0.15) is 5.88 Å². The van der Waals surface area contributed by atoms with Crippen molar-refractivity contribution >= 4 is 50.5 Å². The quantitative estimate of drug-likeness (QED) is 0.768. The number of carbonyl (C=O) groups excluding carboxylic acids is 1. The molecule has 5 nitrogen and oxygen atoms in total. The Morgan fingerprint density at radius 1 is 1.17 bits per heavy atom. The third-order valence-corrected chi connectivity index (χ3v) is 5.72. The molecule has 1 amide bonds. The molecule has 0 bridgehead atoms. The maximum Gasteiger partial charge on any atom is 0.264 e. The minimum absolute atomic E-state index is 0.0301. The fourth-order valence-corrected chi connectivity index (χ4v) is 3.89. The third-order valence-electron chi connectivity index (χ3n) is 3.25. The number of para-hydroxylation sites is 1. The second-order valence-electron chi connectivity index (χ2n) is 4.83. The molecule has 0 spiro atoms. The number of rotatable bonds is 6. The van der Waals surface area contributed by atoms with Gasteiger partial charge >= 0.3 is 0 Å². The minimum Gasteiger partial charge on any atom is -0.324 e. The summed E-state index contributed by atoms with van der Waals surface area (Å²) in [6.07, 6.45) is 0. The van der Waals surface area contributed by atoms with Crippen molar-refractivity contribution in [3.8, 4) is 0 Å². The van der Waals surface area contributed by atoms with Gasteiger partial charge in [-0.2, -0.15) is 0 Å². The van der Waals surface area contributed by atoms with E-state index in [9.17, 15) is 13.2 Å². The first-order valence-electron chi connectivity index (χ1n) is 7.13. The molecule has 0 radical (unpaired) electrons. The SMILES string of the molecule is CCN(c1ccccc1)S(=O)(=O)c1ccc(Cl)c(NC(=O)CCl)c1. The molecular formula is C16H16Cl2N2O3S. The van der Waals surface area contributed by atoms with E-state index in [0.717, 1.165) is 0 Å². The lowest BCUT2D eigenvalue weighted by atomic mass is 10.3. The molecule has 1 N–H and O–H groups in total. The Hall–Kier alpha value is -1.76. The summed E-state index contributed by atoms with van der Waals surface area (Å²) in [6.45, 7) is 2.01. The van der Waals surface area contributed by atoms with E-state index in [1.165, 1.54) is 22.5 Å². The predicted molar refractivity (Wildman–Crippen MR) is 97.4 cm³/mol. The molecule has 0 heterocycles. The summed E-state index contributed by atoms with van der Waals surface area (Å²) >= 11 is 11.5. The highest BCUT2D eigenvalue weighted by molar-refractivity contribution is 7.92. The summed E-state index contributed by atoms with van der Waals surface area (Å²) in [4.78, 5) is 11.5. The van der Waals surface area contributed by atoms with E-state index < -0.39 is 15.9 Å². The Balaban J connectivity index is 2.45. The van der Waals surface area contributed by atoms with Crippen LogP contribution in [0.4, 0.5) is 11.4 Å². The maximum atomic E-state index is 12.9. The normalized spacial score (nSPS) is 11.1. The van der Waals surface area contributed by atoms with Crippen molar-refractivity contribution in [1.29, 1.82) is 0 Å². The van der Waals surface area contributed by atoms with Crippen molar-refractivity contribution in [2.75, 3.05) is 22.0 Å². The van der Waals surface area contributed by atoms with Crippen molar-refractivity contribution < 1.29 is 13.2 Å². The van der Waals surface area contributed by atoms with Crippen LogP contribution in [0.1, 0.15) is 6.92 Å². The van der Waals surface area contributed by atoms with Crippen molar-refractivity contribution in [3.63, 3.8) is 0 Å². The smallest absolute Gasteiger partial charge is 0.264 e. The number of halogens is 2. The first-order chi connectivity index (χ1) is 11.4. The van der Waals surface area contributed by atoms with Crippen molar-refractivity contribution in [3.05, 3.63) is 53.6 Å². The first kappa shape index (κ1) is 18.6. The largest absolute Gasteiger partial charge is 0.324 e. The van der Waals surface area contributed by atoms with E-state index in [0.29, 0.717) is 5.69 Å². The Bertz CT molecular complexity index is 826. The summed E-state index contributed by atoms with van der Waals surface area (Å²) in [5.74, 6) is -0.721. The molecular weight excluding hydrogens is 371 g/mol. The van der Waals surface area contributed by atoms with E-state index >= 15 is 0 Å². The summed E-state index contributed by atoms with van der Waals surface area (Å²) in [7, 11) is -3.80. The Labute approximate surface area is 151 Å². The van der Waals surface area contributed by atoms with Gasteiger partial charge in [-0.05, 0) is 37.3 Å². The highest BCUT2D eigenvalue weighted by atomic mass is 35.5. The molecule has 0 atom stereocenters. The van der Waals surface area contributed by atoms with Crippen LogP contribution >= 0.6 is 23.2 Å². The lowest BCUT2D eigenvalue weighted by Gasteiger charge is -2.23. The molecule has 24 heavy (non-hydrogen) atoms.